The summed E-state index contributed by atoms with van der Waals surface area (Å²) in [5, 5.41) is 7.78. The van der Waals surface area contributed by atoms with Gasteiger partial charge in [-0.25, -0.2) is 15.0 Å². The molecule has 0 bridgehead atoms. The van der Waals surface area contributed by atoms with Crippen molar-refractivity contribution < 1.29 is 8.83 Å². The summed E-state index contributed by atoms with van der Waals surface area (Å²) in [4.78, 5) is 15.6. The van der Waals surface area contributed by atoms with Gasteiger partial charge in [0.2, 0.25) is 0 Å². The van der Waals surface area contributed by atoms with Gasteiger partial charge in [0.1, 0.15) is 22.5 Å². The molecule has 0 spiro atoms. The second kappa shape index (κ2) is 12.6. The maximum Gasteiger partial charge on any atom is 0.165 e. The smallest absolute Gasteiger partial charge is 0.165 e. The van der Waals surface area contributed by atoms with E-state index in [0.717, 1.165) is 71.9 Å². The van der Waals surface area contributed by atoms with Crippen LogP contribution < -0.4 is 0 Å². The first kappa shape index (κ1) is 30.7. The highest BCUT2D eigenvalue weighted by molar-refractivity contribution is 6.13. The van der Waals surface area contributed by atoms with E-state index in [1.165, 1.54) is 16.2 Å². The molecule has 10 aromatic rings. The lowest BCUT2D eigenvalue weighted by molar-refractivity contribution is 0.603. The molecule has 0 amide bonds. The molecule has 3 heterocycles. The van der Waals surface area contributed by atoms with Crippen LogP contribution in [0.3, 0.4) is 0 Å². The van der Waals surface area contributed by atoms with Crippen molar-refractivity contribution >= 4 is 66.6 Å². The third-order valence-electron chi connectivity index (χ3n) is 10.00. The first-order valence-corrected chi connectivity index (χ1v) is 17.7. The van der Waals surface area contributed by atoms with Gasteiger partial charge in [-0.3, -0.25) is 0 Å². The van der Waals surface area contributed by atoms with Crippen LogP contribution in [0.1, 0.15) is 16.9 Å². The van der Waals surface area contributed by atoms with E-state index in [4.69, 9.17) is 23.8 Å². The van der Waals surface area contributed by atoms with Gasteiger partial charge in [-0.2, -0.15) is 0 Å². The molecule has 0 radical (unpaired) electrons. The minimum Gasteiger partial charge on any atom is -0.456 e. The Morgan fingerprint density at radius 2 is 1.17 bits per heavy atom. The number of benzene rings is 7. The van der Waals surface area contributed by atoms with E-state index in [0.29, 0.717) is 23.9 Å². The molecule has 0 N–H and O–H groups in total. The molecule has 250 valence electrons. The zero-order chi connectivity index (χ0) is 35.3. The topological polar surface area (TPSA) is 65.0 Å². The number of fused-ring (bicyclic) bond motifs is 7. The van der Waals surface area contributed by atoms with Crippen LogP contribution in [0, 0.1) is 0 Å². The summed E-state index contributed by atoms with van der Waals surface area (Å²) in [5.74, 6) is 2.57. The number of nitrogens with zero attached hydrogens (tertiary/aromatic N) is 3. The zero-order valence-electron chi connectivity index (χ0n) is 28.7. The van der Waals surface area contributed by atoms with Crippen molar-refractivity contribution in [1.29, 1.82) is 0 Å². The van der Waals surface area contributed by atoms with Crippen LogP contribution in [0.25, 0.3) is 101 Å². The van der Waals surface area contributed by atoms with E-state index in [1.54, 1.807) is 0 Å². The first-order valence-electron chi connectivity index (χ1n) is 17.7. The third kappa shape index (κ3) is 5.29. The van der Waals surface area contributed by atoms with Gasteiger partial charge >= 0.3 is 0 Å². The third-order valence-corrected chi connectivity index (χ3v) is 10.00. The van der Waals surface area contributed by atoms with Gasteiger partial charge in [-0.1, -0.05) is 140 Å². The van der Waals surface area contributed by atoms with E-state index >= 15 is 0 Å². The highest BCUT2D eigenvalue weighted by atomic mass is 16.3. The number of rotatable bonds is 7. The molecule has 0 aliphatic carbocycles. The fourth-order valence-corrected chi connectivity index (χ4v) is 7.48. The lowest BCUT2D eigenvalue weighted by Gasteiger charge is -2.13. The molecule has 53 heavy (non-hydrogen) atoms. The number of furan rings is 2. The van der Waals surface area contributed by atoms with Crippen LogP contribution in [-0.4, -0.2) is 15.0 Å². The van der Waals surface area contributed by atoms with Crippen LogP contribution in [-0.2, 0) is 6.42 Å². The van der Waals surface area contributed by atoms with Crippen molar-refractivity contribution in [3.63, 3.8) is 0 Å². The van der Waals surface area contributed by atoms with E-state index in [-0.39, 0.29) is 0 Å². The average molecular weight is 682 g/mol. The summed E-state index contributed by atoms with van der Waals surface area (Å²) in [6, 6.07) is 49.7. The molecule has 0 saturated carbocycles. The minimum absolute atomic E-state index is 0.587. The second-order valence-electron chi connectivity index (χ2n) is 13.2. The Morgan fingerprint density at radius 1 is 0.509 bits per heavy atom. The molecule has 0 aliphatic heterocycles. The fraction of sp³-hybridized carbons (Fsp3) is 0.0208. The fourth-order valence-electron chi connectivity index (χ4n) is 7.48. The van der Waals surface area contributed by atoms with E-state index in [9.17, 15) is 0 Å². The van der Waals surface area contributed by atoms with Crippen LogP contribution >= 0.6 is 0 Å². The molecule has 7 aromatic carbocycles. The van der Waals surface area contributed by atoms with E-state index < -0.39 is 0 Å². The van der Waals surface area contributed by atoms with Gasteiger partial charge < -0.3 is 8.83 Å². The van der Waals surface area contributed by atoms with Gasteiger partial charge in [0.25, 0.3) is 0 Å². The van der Waals surface area contributed by atoms with Gasteiger partial charge in [0, 0.05) is 38.4 Å². The number of aromatic nitrogens is 3. The summed E-state index contributed by atoms with van der Waals surface area (Å²) in [6.07, 6.45) is 6.62. The first-order chi connectivity index (χ1) is 26.2. The highest BCUT2D eigenvalue weighted by Gasteiger charge is 2.21. The minimum atomic E-state index is 0.587. The van der Waals surface area contributed by atoms with Crippen molar-refractivity contribution in [3.05, 3.63) is 175 Å². The predicted molar refractivity (Wildman–Crippen MR) is 217 cm³/mol. The molecule has 5 heteroatoms. The van der Waals surface area contributed by atoms with Crippen LogP contribution in [0.5, 0.6) is 0 Å². The largest absolute Gasteiger partial charge is 0.456 e. The SMILES string of the molecule is C=Cc1c(/C=C\Cc2ccc3oc4ccccc4c3c2-c2nc(-c3ccccc3)nc(-c3ccc4c(ccc5ccccc54)c3)n2)oc2ccccc12. The quantitative estimate of drug-likeness (QED) is 0.157. The Morgan fingerprint density at radius 3 is 2.00 bits per heavy atom. The van der Waals surface area contributed by atoms with Crippen molar-refractivity contribution in [2.24, 2.45) is 0 Å². The molecular formula is C48H31N3O2. The van der Waals surface area contributed by atoms with Crippen LogP contribution in [0.15, 0.2) is 167 Å². The predicted octanol–water partition coefficient (Wildman–Crippen LogP) is 12.7. The standard InChI is InChI=1S/C48H31N3O2/c1-2-35-38-18-8-10-20-41(38)52-40(35)22-12-16-31-26-28-43-45(39-19-9-11-21-42(39)53-43)44(31)48-50-46(32-14-4-3-5-15-32)49-47(51-48)34-25-27-37-33(29-34)24-23-30-13-6-7-17-36(30)37/h2-15,17-29H,1,16H2/b22-12-. The molecule has 0 unspecified atom stereocenters. The summed E-state index contributed by atoms with van der Waals surface area (Å²) in [7, 11) is 0. The molecular weight excluding hydrogens is 651 g/mol. The van der Waals surface area contributed by atoms with Crippen molar-refractivity contribution in [2.45, 2.75) is 6.42 Å². The maximum absolute atomic E-state index is 6.41. The molecule has 0 fully saturated rings. The van der Waals surface area contributed by atoms with E-state index in [2.05, 4.69) is 85.5 Å². The van der Waals surface area contributed by atoms with Crippen molar-refractivity contribution in [2.75, 3.05) is 0 Å². The number of hydrogen-bond acceptors (Lipinski definition) is 5. The molecule has 3 aromatic heterocycles. The lowest BCUT2D eigenvalue weighted by atomic mass is 9.97. The summed E-state index contributed by atoms with van der Waals surface area (Å²) in [5.41, 5.74) is 7.21. The molecule has 5 nitrogen and oxygen atoms in total. The van der Waals surface area contributed by atoms with E-state index in [1.807, 2.05) is 84.9 Å². The van der Waals surface area contributed by atoms with Gasteiger partial charge in [0.15, 0.2) is 17.5 Å². The Bertz CT molecular complexity index is 3060. The monoisotopic (exact) mass is 681 g/mol. The highest BCUT2D eigenvalue weighted by Crippen LogP contribution is 2.40. The maximum atomic E-state index is 6.41. The van der Waals surface area contributed by atoms with Gasteiger partial charge in [-0.15, -0.1) is 0 Å². The summed E-state index contributed by atoms with van der Waals surface area (Å²) in [6.45, 7) is 4.06. The van der Waals surface area contributed by atoms with Crippen molar-refractivity contribution in [1.82, 2.24) is 15.0 Å². The van der Waals surface area contributed by atoms with Crippen molar-refractivity contribution in [3.8, 4) is 34.2 Å². The summed E-state index contributed by atoms with van der Waals surface area (Å²) < 4.78 is 12.6. The molecule has 0 aliphatic rings. The van der Waals surface area contributed by atoms with Gasteiger partial charge in [0.05, 0.1) is 0 Å². The Hall–Kier alpha value is -7.11. The Kier molecular flexibility index (Phi) is 7.29. The molecule has 10 rings (SSSR count). The number of para-hydroxylation sites is 2. The lowest BCUT2D eigenvalue weighted by Crippen LogP contribution is -2.02. The Balaban J connectivity index is 1.18. The van der Waals surface area contributed by atoms with Gasteiger partial charge in [-0.05, 0) is 63.9 Å². The van der Waals surface area contributed by atoms with Crippen LogP contribution in [0.4, 0.5) is 0 Å². The summed E-state index contributed by atoms with van der Waals surface area (Å²) >= 11 is 0. The average Bonchev–Trinajstić information content (AvgIpc) is 3.78. The molecule has 0 saturated heterocycles. The second-order valence-corrected chi connectivity index (χ2v) is 13.2. The van der Waals surface area contributed by atoms with Crippen LogP contribution in [0.2, 0.25) is 0 Å². The number of hydrogen-bond donors (Lipinski definition) is 0. The molecule has 0 atom stereocenters. The Labute approximate surface area is 305 Å². The zero-order valence-corrected chi connectivity index (χ0v) is 28.7. The normalized spacial score (nSPS) is 11.8. The number of allylic oxidation sites excluding steroid dienone is 1.